The van der Waals surface area contributed by atoms with Gasteiger partial charge in [-0.3, -0.25) is 9.59 Å². The summed E-state index contributed by atoms with van der Waals surface area (Å²) in [7, 11) is -2.44. The molecule has 7 nitrogen and oxygen atoms in total. The van der Waals surface area contributed by atoms with Gasteiger partial charge >= 0.3 is 5.97 Å². The SMILES string of the molecule is CC[C@@H]1CN(Cc2cc(C(CC(=O)OC)c3csc(C(C)=O)c3)ccc2C)S(=O)(=O)c2ccccc2O1. The van der Waals surface area contributed by atoms with E-state index < -0.39 is 10.0 Å². The lowest BCUT2D eigenvalue weighted by Crippen LogP contribution is -2.36. The Balaban J connectivity index is 1.73. The van der Waals surface area contributed by atoms with E-state index in [1.165, 1.54) is 29.7 Å². The first-order valence-corrected chi connectivity index (χ1v) is 14.5. The molecule has 2 aromatic carbocycles. The molecule has 0 N–H and O–H groups in total. The molecule has 0 saturated carbocycles. The highest BCUT2D eigenvalue weighted by atomic mass is 32.2. The fourth-order valence-corrected chi connectivity index (χ4v) is 6.90. The van der Waals surface area contributed by atoms with Crippen molar-refractivity contribution < 1.29 is 27.5 Å². The van der Waals surface area contributed by atoms with Crippen molar-refractivity contribution in [3.8, 4) is 5.75 Å². The largest absolute Gasteiger partial charge is 0.488 e. The zero-order valence-electron chi connectivity index (χ0n) is 21.4. The maximum atomic E-state index is 13.6. The average Bonchev–Trinajstić information content (AvgIpc) is 3.34. The molecule has 4 rings (SSSR count). The van der Waals surface area contributed by atoms with E-state index in [4.69, 9.17) is 9.47 Å². The van der Waals surface area contributed by atoms with Gasteiger partial charge in [0.2, 0.25) is 10.0 Å². The van der Waals surface area contributed by atoms with Crippen molar-refractivity contribution in [1.82, 2.24) is 4.31 Å². The minimum atomic E-state index is -3.79. The van der Waals surface area contributed by atoms with Crippen molar-refractivity contribution in [3.63, 3.8) is 0 Å². The number of Topliss-reactive ketones (excluding diaryl/α,β-unsaturated/α-hetero) is 1. The van der Waals surface area contributed by atoms with Gasteiger partial charge in [-0.15, -0.1) is 11.3 Å². The maximum Gasteiger partial charge on any atom is 0.306 e. The van der Waals surface area contributed by atoms with E-state index in [0.717, 1.165) is 22.3 Å². The number of carbonyl (C=O) groups excluding carboxylic acids is 2. The fourth-order valence-electron chi connectivity index (χ4n) is 4.47. The predicted molar refractivity (Wildman–Crippen MR) is 143 cm³/mol. The number of fused-ring (bicyclic) bond motifs is 1. The lowest BCUT2D eigenvalue weighted by Gasteiger charge is -2.24. The van der Waals surface area contributed by atoms with Crippen LogP contribution in [0.25, 0.3) is 0 Å². The molecule has 0 radical (unpaired) electrons. The number of hydrogen-bond donors (Lipinski definition) is 0. The number of thiophene rings is 1. The molecule has 1 aromatic heterocycles. The number of aryl methyl sites for hydroxylation is 1. The molecule has 0 spiro atoms. The van der Waals surface area contributed by atoms with Crippen LogP contribution in [0.4, 0.5) is 0 Å². The molecule has 0 bridgehead atoms. The maximum absolute atomic E-state index is 13.6. The first-order chi connectivity index (χ1) is 17.6. The van der Waals surface area contributed by atoms with Crippen molar-refractivity contribution in [2.24, 2.45) is 0 Å². The van der Waals surface area contributed by atoms with Crippen LogP contribution in [0, 0.1) is 6.92 Å². The summed E-state index contributed by atoms with van der Waals surface area (Å²) in [6.07, 6.45) is 0.496. The Morgan fingerprint density at radius 3 is 2.59 bits per heavy atom. The third-order valence-corrected chi connectivity index (χ3v) is 9.61. The van der Waals surface area contributed by atoms with Gasteiger partial charge in [-0.25, -0.2) is 8.42 Å². The minimum absolute atomic E-state index is 0.0305. The van der Waals surface area contributed by atoms with Gasteiger partial charge in [0.15, 0.2) is 5.78 Å². The molecular formula is C28H31NO6S2. The molecule has 0 fully saturated rings. The number of esters is 1. The van der Waals surface area contributed by atoms with Crippen LogP contribution < -0.4 is 4.74 Å². The van der Waals surface area contributed by atoms with E-state index in [-0.39, 0.29) is 48.2 Å². The van der Waals surface area contributed by atoms with E-state index in [9.17, 15) is 18.0 Å². The summed E-state index contributed by atoms with van der Waals surface area (Å²) in [6.45, 7) is 5.84. The van der Waals surface area contributed by atoms with Gasteiger partial charge in [-0.1, -0.05) is 37.3 Å². The zero-order chi connectivity index (χ0) is 26.7. The lowest BCUT2D eigenvalue weighted by molar-refractivity contribution is -0.140. The molecule has 3 aromatic rings. The second kappa shape index (κ2) is 11.2. The molecule has 196 valence electrons. The Morgan fingerprint density at radius 1 is 1.16 bits per heavy atom. The standard InChI is InChI=1S/C28H31NO6S2/c1-5-23-16-29(37(32,33)27-9-7-6-8-25(27)35-23)15-21-12-20(11-10-18(21)2)24(14-28(31)34-4)22-13-26(19(3)30)36-17-22/h6-13,17,23-24H,5,14-16H2,1-4H3/t23-,24?/m1/s1. The smallest absolute Gasteiger partial charge is 0.306 e. The molecule has 37 heavy (non-hydrogen) atoms. The van der Waals surface area contributed by atoms with Crippen molar-refractivity contribution in [3.05, 3.63) is 81.0 Å². The van der Waals surface area contributed by atoms with Crippen LogP contribution in [0.2, 0.25) is 0 Å². The Hall–Kier alpha value is -3.01. The number of hydrogen-bond acceptors (Lipinski definition) is 7. The molecule has 1 unspecified atom stereocenters. The topological polar surface area (TPSA) is 90.0 Å². The third kappa shape index (κ3) is 5.79. The first kappa shape index (κ1) is 27.0. The summed E-state index contributed by atoms with van der Waals surface area (Å²) in [5.41, 5.74) is 3.49. The number of sulfonamides is 1. The summed E-state index contributed by atoms with van der Waals surface area (Å²) < 4.78 is 39.8. The van der Waals surface area contributed by atoms with Crippen molar-refractivity contribution in [1.29, 1.82) is 0 Å². The second-order valence-corrected chi connectivity index (χ2v) is 12.0. The van der Waals surface area contributed by atoms with Crippen molar-refractivity contribution >= 4 is 33.1 Å². The molecule has 0 aliphatic carbocycles. The number of ketones is 1. The van der Waals surface area contributed by atoms with Gasteiger partial charge < -0.3 is 9.47 Å². The van der Waals surface area contributed by atoms with Gasteiger partial charge in [0.1, 0.15) is 16.7 Å². The summed E-state index contributed by atoms with van der Waals surface area (Å²) in [5.74, 6) is -0.349. The highest BCUT2D eigenvalue weighted by Crippen LogP contribution is 2.35. The van der Waals surface area contributed by atoms with Gasteiger partial charge in [-0.05, 0) is 66.1 Å². The van der Waals surface area contributed by atoms with Crippen LogP contribution >= 0.6 is 11.3 Å². The van der Waals surface area contributed by atoms with E-state index in [1.54, 1.807) is 24.3 Å². The van der Waals surface area contributed by atoms with Gasteiger partial charge in [0.05, 0.1) is 25.0 Å². The number of nitrogens with zero attached hydrogens (tertiary/aromatic N) is 1. The quantitative estimate of drug-likeness (QED) is 0.283. The van der Waals surface area contributed by atoms with Crippen LogP contribution in [0.3, 0.4) is 0 Å². The normalized spacial score (nSPS) is 17.8. The molecule has 0 amide bonds. The number of benzene rings is 2. The van der Waals surface area contributed by atoms with Gasteiger partial charge in [-0.2, -0.15) is 4.31 Å². The number of methoxy groups -OCH3 is 1. The molecular weight excluding hydrogens is 510 g/mol. The molecule has 0 saturated heterocycles. The Kier molecular flexibility index (Phi) is 8.16. The Bertz CT molecular complexity index is 1410. The van der Waals surface area contributed by atoms with E-state index in [1.807, 2.05) is 43.5 Å². The van der Waals surface area contributed by atoms with Gasteiger partial charge in [0.25, 0.3) is 0 Å². The molecule has 9 heteroatoms. The lowest BCUT2D eigenvalue weighted by atomic mass is 9.88. The Morgan fingerprint density at radius 2 is 1.92 bits per heavy atom. The van der Waals surface area contributed by atoms with Crippen LogP contribution in [-0.4, -0.2) is 44.2 Å². The number of carbonyl (C=O) groups is 2. The van der Waals surface area contributed by atoms with Crippen molar-refractivity contribution in [2.75, 3.05) is 13.7 Å². The highest BCUT2D eigenvalue weighted by molar-refractivity contribution is 7.89. The summed E-state index contributed by atoms with van der Waals surface area (Å²) in [4.78, 5) is 25.0. The molecule has 1 aliphatic heterocycles. The van der Waals surface area contributed by atoms with Gasteiger partial charge in [0, 0.05) is 12.5 Å². The summed E-state index contributed by atoms with van der Waals surface area (Å²) in [5, 5.41) is 1.89. The van der Waals surface area contributed by atoms with Crippen LogP contribution in [0.15, 0.2) is 58.8 Å². The highest BCUT2D eigenvalue weighted by Gasteiger charge is 2.34. The molecule has 1 aliphatic rings. The average molecular weight is 542 g/mol. The first-order valence-electron chi connectivity index (χ1n) is 12.2. The third-order valence-electron chi connectivity index (χ3n) is 6.71. The molecule has 2 heterocycles. The Labute approximate surface area is 222 Å². The van der Waals surface area contributed by atoms with E-state index in [2.05, 4.69) is 0 Å². The summed E-state index contributed by atoms with van der Waals surface area (Å²) >= 11 is 1.35. The van der Waals surface area contributed by atoms with E-state index >= 15 is 0 Å². The monoisotopic (exact) mass is 541 g/mol. The minimum Gasteiger partial charge on any atom is -0.488 e. The van der Waals surface area contributed by atoms with Crippen LogP contribution in [-0.2, 0) is 26.1 Å². The zero-order valence-corrected chi connectivity index (χ0v) is 23.0. The molecule has 2 atom stereocenters. The number of rotatable bonds is 8. The summed E-state index contributed by atoms with van der Waals surface area (Å²) in [6, 6.07) is 14.4. The van der Waals surface area contributed by atoms with Crippen LogP contribution in [0.5, 0.6) is 5.75 Å². The van der Waals surface area contributed by atoms with Crippen LogP contribution in [0.1, 0.15) is 64.5 Å². The second-order valence-electron chi connectivity index (χ2n) is 9.21. The van der Waals surface area contributed by atoms with Crippen molar-refractivity contribution in [2.45, 2.75) is 57.1 Å². The number of para-hydroxylation sites is 1. The number of ether oxygens (including phenoxy) is 2. The van der Waals surface area contributed by atoms with E-state index in [0.29, 0.717) is 17.0 Å². The fraction of sp³-hybridized carbons (Fsp3) is 0.357. The predicted octanol–water partition coefficient (Wildman–Crippen LogP) is 5.32.